The van der Waals surface area contributed by atoms with E-state index in [0.29, 0.717) is 6.54 Å². The molecular formula is C14H22N4O4. The van der Waals surface area contributed by atoms with E-state index in [2.05, 4.69) is 15.3 Å². The fourth-order valence-electron chi connectivity index (χ4n) is 2.27. The van der Waals surface area contributed by atoms with Crippen LogP contribution in [-0.4, -0.2) is 71.1 Å². The van der Waals surface area contributed by atoms with Crippen LogP contribution in [0.15, 0.2) is 12.3 Å². The van der Waals surface area contributed by atoms with Gasteiger partial charge in [-0.15, -0.1) is 0 Å². The van der Waals surface area contributed by atoms with Crippen molar-refractivity contribution in [1.29, 1.82) is 0 Å². The van der Waals surface area contributed by atoms with Crippen molar-refractivity contribution in [3.63, 3.8) is 0 Å². The van der Waals surface area contributed by atoms with Crippen LogP contribution < -0.4 is 5.32 Å². The predicted molar refractivity (Wildman–Crippen MR) is 78.8 cm³/mol. The smallest absolute Gasteiger partial charge is 0.356 e. The third-order valence-electron chi connectivity index (χ3n) is 3.66. The fourth-order valence-corrected chi connectivity index (χ4v) is 2.27. The molecule has 2 rings (SSSR count). The van der Waals surface area contributed by atoms with Crippen molar-refractivity contribution >= 4 is 11.9 Å². The molecule has 1 aliphatic heterocycles. The number of aromatic nitrogens is 2. The molecule has 0 radical (unpaired) electrons. The molecule has 0 bridgehead atoms. The maximum atomic E-state index is 12.0. The number of carbonyl (C=O) groups excluding carboxylic acids is 1. The van der Waals surface area contributed by atoms with Gasteiger partial charge in [-0.2, -0.15) is 5.10 Å². The number of hydrogen-bond acceptors (Lipinski definition) is 5. The highest BCUT2D eigenvalue weighted by Gasteiger charge is 2.17. The molecule has 0 aromatic carbocycles. The maximum Gasteiger partial charge on any atom is 0.356 e. The number of nitrogens with zero attached hydrogens (tertiary/aromatic N) is 3. The van der Waals surface area contributed by atoms with Crippen LogP contribution >= 0.6 is 0 Å². The average molecular weight is 310 g/mol. The lowest BCUT2D eigenvalue weighted by Gasteiger charge is -2.26. The summed E-state index contributed by atoms with van der Waals surface area (Å²) in [4.78, 5) is 25.1. The van der Waals surface area contributed by atoms with Crippen molar-refractivity contribution in [3.8, 4) is 0 Å². The van der Waals surface area contributed by atoms with Gasteiger partial charge in [0.1, 0.15) is 6.04 Å². The Hall–Kier alpha value is -1.93. The summed E-state index contributed by atoms with van der Waals surface area (Å²) in [5.74, 6) is -1.26. The SMILES string of the molecule is CC(C(=O)NCCCN1CCOCC1)n1ccc(C(=O)O)n1. The van der Waals surface area contributed by atoms with E-state index in [9.17, 15) is 9.59 Å². The normalized spacial score (nSPS) is 17.1. The quantitative estimate of drug-likeness (QED) is 0.687. The molecule has 0 aliphatic carbocycles. The van der Waals surface area contributed by atoms with Crippen molar-refractivity contribution < 1.29 is 19.4 Å². The number of aromatic carboxylic acids is 1. The number of amides is 1. The summed E-state index contributed by atoms with van der Waals surface area (Å²) in [5, 5.41) is 15.5. The standard InChI is InChI=1S/C14H22N4O4/c1-11(18-6-3-12(16-18)14(20)21)13(19)15-4-2-5-17-7-9-22-10-8-17/h3,6,11H,2,4-5,7-10H2,1H3,(H,15,19)(H,20,21). The Balaban J connectivity index is 1.70. The Morgan fingerprint density at radius 1 is 1.45 bits per heavy atom. The zero-order valence-electron chi connectivity index (χ0n) is 12.7. The molecule has 1 saturated heterocycles. The summed E-state index contributed by atoms with van der Waals surface area (Å²) in [7, 11) is 0. The lowest BCUT2D eigenvalue weighted by molar-refractivity contribution is -0.124. The zero-order valence-corrected chi connectivity index (χ0v) is 12.7. The van der Waals surface area contributed by atoms with E-state index in [1.165, 1.54) is 16.9 Å². The Labute approximate surface area is 129 Å². The summed E-state index contributed by atoms with van der Waals surface area (Å²) < 4.78 is 6.64. The Morgan fingerprint density at radius 2 is 2.18 bits per heavy atom. The van der Waals surface area contributed by atoms with Gasteiger partial charge in [0.25, 0.3) is 0 Å². The molecule has 1 unspecified atom stereocenters. The fraction of sp³-hybridized carbons (Fsp3) is 0.643. The third-order valence-corrected chi connectivity index (χ3v) is 3.66. The van der Waals surface area contributed by atoms with E-state index in [-0.39, 0.29) is 11.6 Å². The second-order valence-electron chi connectivity index (χ2n) is 5.26. The first kappa shape index (κ1) is 16.4. The van der Waals surface area contributed by atoms with Gasteiger partial charge in [-0.3, -0.25) is 14.4 Å². The molecule has 1 aromatic heterocycles. The molecule has 1 aliphatic rings. The van der Waals surface area contributed by atoms with Gasteiger partial charge >= 0.3 is 5.97 Å². The van der Waals surface area contributed by atoms with Gasteiger partial charge in [-0.05, 0) is 26.0 Å². The van der Waals surface area contributed by atoms with Crippen molar-refractivity contribution in [2.75, 3.05) is 39.4 Å². The van der Waals surface area contributed by atoms with Crippen molar-refractivity contribution in [1.82, 2.24) is 20.0 Å². The Morgan fingerprint density at radius 3 is 2.82 bits per heavy atom. The molecule has 0 saturated carbocycles. The molecule has 0 spiro atoms. The zero-order chi connectivity index (χ0) is 15.9. The molecular weight excluding hydrogens is 288 g/mol. The second kappa shape index (κ2) is 7.90. The van der Waals surface area contributed by atoms with Crippen molar-refractivity contribution in [2.45, 2.75) is 19.4 Å². The van der Waals surface area contributed by atoms with E-state index < -0.39 is 12.0 Å². The summed E-state index contributed by atoms with van der Waals surface area (Å²) in [6.45, 7) is 6.64. The molecule has 22 heavy (non-hydrogen) atoms. The number of ether oxygens (including phenoxy) is 1. The maximum absolute atomic E-state index is 12.0. The number of hydrogen-bond donors (Lipinski definition) is 2. The van der Waals surface area contributed by atoms with Gasteiger partial charge in [-0.1, -0.05) is 0 Å². The van der Waals surface area contributed by atoms with Gasteiger partial charge in [-0.25, -0.2) is 4.79 Å². The predicted octanol–water partition coefficient (Wildman–Crippen LogP) is -0.0192. The van der Waals surface area contributed by atoms with Crippen LogP contribution in [0.4, 0.5) is 0 Å². The number of carboxylic acid groups (broad SMARTS) is 1. The van der Waals surface area contributed by atoms with Gasteiger partial charge in [0.05, 0.1) is 13.2 Å². The molecule has 2 heterocycles. The number of carboxylic acids is 1. The first-order valence-electron chi connectivity index (χ1n) is 7.44. The van der Waals surface area contributed by atoms with Crippen LogP contribution in [0.25, 0.3) is 0 Å². The molecule has 1 atom stereocenters. The molecule has 1 aromatic rings. The number of nitrogens with one attached hydrogen (secondary N) is 1. The van der Waals surface area contributed by atoms with Crippen LogP contribution in [0.3, 0.4) is 0 Å². The monoisotopic (exact) mass is 310 g/mol. The Bertz CT molecular complexity index is 511. The Kier molecular flexibility index (Phi) is 5.91. The highest BCUT2D eigenvalue weighted by atomic mass is 16.5. The summed E-state index contributed by atoms with van der Waals surface area (Å²) >= 11 is 0. The summed E-state index contributed by atoms with van der Waals surface area (Å²) in [5.41, 5.74) is -0.0630. The van der Waals surface area contributed by atoms with Crippen molar-refractivity contribution in [3.05, 3.63) is 18.0 Å². The number of morpholine rings is 1. The number of rotatable bonds is 7. The van der Waals surface area contributed by atoms with Gasteiger partial charge in [0.15, 0.2) is 5.69 Å². The minimum Gasteiger partial charge on any atom is -0.476 e. The van der Waals surface area contributed by atoms with Gasteiger partial charge < -0.3 is 15.2 Å². The molecule has 122 valence electrons. The molecule has 2 N–H and O–H groups in total. The van der Waals surface area contributed by atoms with Crippen LogP contribution in [0.1, 0.15) is 29.9 Å². The second-order valence-corrected chi connectivity index (χ2v) is 5.26. The van der Waals surface area contributed by atoms with Crippen molar-refractivity contribution in [2.24, 2.45) is 0 Å². The van der Waals surface area contributed by atoms with Crippen LogP contribution in [-0.2, 0) is 9.53 Å². The first-order valence-corrected chi connectivity index (χ1v) is 7.44. The summed E-state index contributed by atoms with van der Waals surface area (Å²) in [6, 6.07) is 0.848. The minimum absolute atomic E-state index is 0.0630. The van der Waals surface area contributed by atoms with Crippen LogP contribution in [0, 0.1) is 0 Å². The lowest BCUT2D eigenvalue weighted by atomic mass is 10.3. The third kappa shape index (κ3) is 4.54. The van der Waals surface area contributed by atoms with E-state index in [1.54, 1.807) is 6.92 Å². The lowest BCUT2D eigenvalue weighted by Crippen LogP contribution is -2.38. The molecule has 1 fully saturated rings. The minimum atomic E-state index is -1.10. The van der Waals surface area contributed by atoms with Gasteiger partial charge in [0.2, 0.25) is 5.91 Å². The first-order chi connectivity index (χ1) is 10.6. The van der Waals surface area contributed by atoms with E-state index in [1.807, 2.05) is 0 Å². The molecule has 8 heteroatoms. The van der Waals surface area contributed by atoms with Crippen LogP contribution in [0.5, 0.6) is 0 Å². The number of carbonyl (C=O) groups is 2. The largest absolute Gasteiger partial charge is 0.476 e. The van der Waals surface area contributed by atoms with Gasteiger partial charge in [0, 0.05) is 25.8 Å². The average Bonchev–Trinajstić information content (AvgIpc) is 3.02. The topological polar surface area (TPSA) is 96.7 Å². The van der Waals surface area contributed by atoms with Crippen LogP contribution in [0.2, 0.25) is 0 Å². The summed E-state index contributed by atoms with van der Waals surface area (Å²) in [6.07, 6.45) is 2.37. The van der Waals surface area contributed by atoms with E-state index in [4.69, 9.17) is 9.84 Å². The highest BCUT2D eigenvalue weighted by Crippen LogP contribution is 2.06. The van der Waals surface area contributed by atoms with E-state index >= 15 is 0 Å². The molecule has 1 amide bonds. The highest BCUT2D eigenvalue weighted by molar-refractivity contribution is 5.85. The molecule has 8 nitrogen and oxygen atoms in total. The van der Waals surface area contributed by atoms with E-state index in [0.717, 1.165) is 39.3 Å².